The van der Waals surface area contributed by atoms with E-state index in [2.05, 4.69) is 18.5 Å². The second-order valence-electron chi connectivity index (χ2n) is 13.7. The number of benzene rings is 2. The van der Waals surface area contributed by atoms with Crippen molar-refractivity contribution < 1.29 is 33.8 Å². The van der Waals surface area contributed by atoms with Crippen LogP contribution in [-0.2, 0) is 28.7 Å². The lowest BCUT2D eigenvalue weighted by Gasteiger charge is -2.37. The van der Waals surface area contributed by atoms with Gasteiger partial charge in [0.05, 0.1) is 24.5 Å². The van der Waals surface area contributed by atoms with Crippen LogP contribution in [0.15, 0.2) is 73.8 Å². The standard InChI is InChI=1S/C40H51N3O7/c1-5-7-20-32(45)41-26-31(29-18-11-10-12-19-29)49-39(48)33-30-21-22-40(50-30)34(33)37(46)43(24-13-8-9-14-25-44)36(40)38(47)42(23-6-2)35-27(3)16-15-17-28(35)4/h5-6,10-12,15-19,30-31,33-34,36,44H,1-2,7-9,13-14,20-26H2,3-4H3,(H,41,45)/t30-,31+,33+,34+,36-,40+/m1/s1. The lowest BCUT2D eigenvalue weighted by molar-refractivity contribution is -0.160. The molecule has 6 atom stereocenters. The number of esters is 1. The molecule has 2 bridgehead atoms. The van der Waals surface area contributed by atoms with Gasteiger partial charge in [-0.3, -0.25) is 19.2 Å². The molecule has 0 aliphatic carbocycles. The van der Waals surface area contributed by atoms with Gasteiger partial charge in [0.2, 0.25) is 11.8 Å². The first-order chi connectivity index (χ1) is 24.2. The van der Waals surface area contributed by atoms with Crippen molar-refractivity contribution in [1.29, 1.82) is 0 Å². The Morgan fingerprint density at radius 2 is 1.78 bits per heavy atom. The van der Waals surface area contributed by atoms with Gasteiger partial charge in [-0.15, -0.1) is 13.2 Å². The molecule has 3 fully saturated rings. The first-order valence-corrected chi connectivity index (χ1v) is 17.9. The summed E-state index contributed by atoms with van der Waals surface area (Å²) in [5, 5.41) is 12.2. The van der Waals surface area contributed by atoms with Crippen LogP contribution in [0.2, 0.25) is 0 Å². The van der Waals surface area contributed by atoms with Gasteiger partial charge in [0.25, 0.3) is 5.91 Å². The average Bonchev–Trinajstić information content (AvgIpc) is 3.76. The fourth-order valence-corrected chi connectivity index (χ4v) is 8.13. The molecule has 268 valence electrons. The molecule has 3 heterocycles. The number of amides is 3. The van der Waals surface area contributed by atoms with E-state index in [0.717, 1.165) is 29.7 Å². The van der Waals surface area contributed by atoms with Crippen molar-refractivity contribution in [2.45, 2.75) is 89.1 Å². The molecular formula is C40H51N3O7. The number of aliphatic hydroxyl groups excluding tert-OH is 1. The van der Waals surface area contributed by atoms with Gasteiger partial charge < -0.3 is 29.7 Å². The van der Waals surface area contributed by atoms with Crippen LogP contribution in [0.3, 0.4) is 0 Å². The van der Waals surface area contributed by atoms with Crippen molar-refractivity contribution in [3.05, 3.63) is 90.5 Å². The summed E-state index contributed by atoms with van der Waals surface area (Å²) in [6, 6.07) is 14.1. The monoisotopic (exact) mass is 685 g/mol. The van der Waals surface area contributed by atoms with Crippen molar-refractivity contribution in [1.82, 2.24) is 10.2 Å². The minimum absolute atomic E-state index is 0.0705. The molecule has 1 spiro atoms. The molecule has 0 aromatic heterocycles. The number of fused-ring (bicyclic) bond motifs is 1. The SMILES string of the molecule is C=CCCC(=O)NC[C@H](OC(=O)[C@@H]1[C@H]2C(=O)N(CCCCCCO)[C@H](C(=O)N(CC=C)c3c(C)cccc3C)[C@]23CC[C@H]1O3)c1ccccc1. The molecular weight excluding hydrogens is 634 g/mol. The number of rotatable bonds is 18. The highest BCUT2D eigenvalue weighted by atomic mass is 16.6. The highest BCUT2D eigenvalue weighted by Gasteiger charge is 2.75. The predicted molar refractivity (Wildman–Crippen MR) is 191 cm³/mol. The van der Waals surface area contributed by atoms with Crippen LogP contribution in [0.25, 0.3) is 0 Å². The van der Waals surface area contributed by atoms with E-state index in [4.69, 9.17) is 9.47 Å². The highest BCUT2D eigenvalue weighted by molar-refractivity contribution is 6.05. The van der Waals surface area contributed by atoms with E-state index in [1.54, 1.807) is 22.0 Å². The number of likely N-dealkylation sites (tertiary alicyclic amines) is 1. The number of para-hydroxylation sites is 1. The quantitative estimate of drug-likeness (QED) is 0.127. The van der Waals surface area contributed by atoms with Gasteiger partial charge in [-0.1, -0.05) is 73.5 Å². The number of carbonyl (C=O) groups excluding carboxylic acids is 4. The van der Waals surface area contributed by atoms with Crippen LogP contribution in [0, 0.1) is 25.7 Å². The summed E-state index contributed by atoms with van der Waals surface area (Å²) in [5.41, 5.74) is 2.15. The smallest absolute Gasteiger partial charge is 0.313 e. The lowest BCUT2D eigenvalue weighted by Crippen LogP contribution is -2.56. The van der Waals surface area contributed by atoms with E-state index in [-0.39, 0.29) is 43.8 Å². The van der Waals surface area contributed by atoms with Gasteiger partial charge >= 0.3 is 5.97 Å². The maximum Gasteiger partial charge on any atom is 0.313 e. The Morgan fingerprint density at radius 3 is 2.46 bits per heavy atom. The van der Waals surface area contributed by atoms with Crippen molar-refractivity contribution in [2.75, 3.05) is 31.1 Å². The molecule has 2 N–H and O–H groups in total. The number of aliphatic hydroxyl groups is 1. The molecule has 50 heavy (non-hydrogen) atoms. The third kappa shape index (κ3) is 7.42. The van der Waals surface area contributed by atoms with Crippen LogP contribution < -0.4 is 10.2 Å². The van der Waals surface area contributed by atoms with Crippen molar-refractivity contribution in [3.8, 4) is 0 Å². The first kappa shape index (κ1) is 37.0. The number of anilines is 1. The van der Waals surface area contributed by atoms with E-state index in [0.29, 0.717) is 44.2 Å². The van der Waals surface area contributed by atoms with Gasteiger partial charge in [0.1, 0.15) is 17.7 Å². The summed E-state index contributed by atoms with van der Waals surface area (Å²) in [5.74, 6) is -3.07. The zero-order valence-electron chi connectivity index (χ0n) is 29.4. The topological polar surface area (TPSA) is 125 Å². The van der Waals surface area contributed by atoms with Crippen molar-refractivity contribution >= 4 is 29.4 Å². The Kier molecular flexibility index (Phi) is 12.3. The van der Waals surface area contributed by atoms with Gasteiger partial charge in [0, 0.05) is 31.8 Å². The number of hydrogen-bond donors (Lipinski definition) is 2. The summed E-state index contributed by atoms with van der Waals surface area (Å²) >= 11 is 0. The fourth-order valence-electron chi connectivity index (χ4n) is 8.13. The summed E-state index contributed by atoms with van der Waals surface area (Å²) < 4.78 is 12.9. The molecule has 2 aromatic carbocycles. The summed E-state index contributed by atoms with van der Waals surface area (Å²) in [7, 11) is 0. The van der Waals surface area contributed by atoms with Gasteiger partial charge in [-0.2, -0.15) is 0 Å². The van der Waals surface area contributed by atoms with Crippen molar-refractivity contribution in [3.63, 3.8) is 0 Å². The minimum Gasteiger partial charge on any atom is -0.455 e. The number of nitrogens with one attached hydrogen (secondary N) is 1. The molecule has 0 unspecified atom stereocenters. The maximum absolute atomic E-state index is 14.9. The van der Waals surface area contributed by atoms with Crippen LogP contribution in [0.4, 0.5) is 5.69 Å². The Balaban J connectivity index is 1.46. The number of aryl methyl sites for hydroxylation is 2. The summed E-state index contributed by atoms with van der Waals surface area (Å²) in [4.78, 5) is 59.6. The molecule has 0 saturated carbocycles. The molecule has 0 radical (unpaired) electrons. The van der Waals surface area contributed by atoms with Crippen molar-refractivity contribution in [2.24, 2.45) is 11.8 Å². The van der Waals surface area contributed by atoms with E-state index < -0.39 is 41.7 Å². The molecule has 3 saturated heterocycles. The summed E-state index contributed by atoms with van der Waals surface area (Å²) in [6.07, 6.45) is 6.66. The number of hydrogen-bond acceptors (Lipinski definition) is 7. The maximum atomic E-state index is 14.9. The Morgan fingerprint density at radius 1 is 1.06 bits per heavy atom. The van der Waals surface area contributed by atoms with Crippen LogP contribution in [0.1, 0.15) is 74.2 Å². The number of unbranched alkanes of at least 4 members (excludes halogenated alkanes) is 3. The van der Waals surface area contributed by atoms with Crippen LogP contribution in [0.5, 0.6) is 0 Å². The molecule has 10 heteroatoms. The van der Waals surface area contributed by atoms with E-state index in [1.807, 2.05) is 62.4 Å². The van der Waals surface area contributed by atoms with Gasteiger partial charge in [-0.05, 0) is 62.6 Å². The molecule has 3 aliphatic rings. The molecule has 10 nitrogen and oxygen atoms in total. The predicted octanol–water partition coefficient (Wildman–Crippen LogP) is 5.12. The molecule has 2 aromatic rings. The number of allylic oxidation sites excluding steroid dienone is 1. The first-order valence-electron chi connectivity index (χ1n) is 17.9. The molecule has 3 aliphatic heterocycles. The number of carbonyl (C=O) groups is 4. The Hall–Kier alpha value is -4.28. The molecule has 3 amide bonds. The largest absolute Gasteiger partial charge is 0.455 e. The highest BCUT2D eigenvalue weighted by Crippen LogP contribution is 2.59. The lowest BCUT2D eigenvalue weighted by atomic mass is 9.70. The van der Waals surface area contributed by atoms with Gasteiger partial charge in [-0.25, -0.2) is 0 Å². The van der Waals surface area contributed by atoms with Gasteiger partial charge in [0.15, 0.2) is 0 Å². The third-order valence-electron chi connectivity index (χ3n) is 10.4. The zero-order chi connectivity index (χ0) is 35.8. The molecule has 5 rings (SSSR count). The number of ether oxygens (including phenoxy) is 2. The third-order valence-corrected chi connectivity index (χ3v) is 10.4. The normalized spacial score (nSPS) is 24.1. The minimum atomic E-state index is -1.19. The second kappa shape index (κ2) is 16.6. The zero-order valence-corrected chi connectivity index (χ0v) is 29.4. The summed E-state index contributed by atoms with van der Waals surface area (Å²) in [6.45, 7) is 12.3. The van der Waals surface area contributed by atoms with E-state index in [1.165, 1.54) is 0 Å². The van der Waals surface area contributed by atoms with E-state index in [9.17, 15) is 24.3 Å². The van der Waals surface area contributed by atoms with Crippen LogP contribution in [-0.4, -0.2) is 77.7 Å². The van der Waals surface area contributed by atoms with Crippen LogP contribution >= 0.6 is 0 Å². The van der Waals surface area contributed by atoms with E-state index >= 15 is 0 Å². The number of nitrogens with zero attached hydrogens (tertiary/aromatic N) is 2. The Bertz CT molecular complexity index is 1540. The fraction of sp³-hybridized carbons (Fsp3) is 0.500. The second-order valence-corrected chi connectivity index (χ2v) is 13.7. The Labute approximate surface area is 295 Å². The average molecular weight is 686 g/mol.